The Morgan fingerprint density at radius 2 is 1.81 bits per heavy atom. The third-order valence-corrected chi connectivity index (χ3v) is 6.20. The van der Waals surface area contributed by atoms with E-state index in [9.17, 15) is 22.4 Å². The number of methoxy groups -OCH3 is 2. The number of nitrogens with zero attached hydrogens (tertiary/aromatic N) is 3. The molecule has 0 aliphatic carbocycles. The summed E-state index contributed by atoms with van der Waals surface area (Å²) in [6.07, 6.45) is 0.571. The second-order valence-corrected chi connectivity index (χ2v) is 10.0. The maximum atomic E-state index is 14.6. The number of carbonyl (C=O) groups excluding carboxylic acids is 1. The van der Waals surface area contributed by atoms with Gasteiger partial charge in [-0.25, -0.2) is 14.2 Å². The second kappa shape index (κ2) is 10.4. The Kier molecular flexibility index (Phi) is 7.89. The lowest BCUT2D eigenvalue weighted by molar-refractivity contribution is -0.138. The summed E-state index contributed by atoms with van der Waals surface area (Å²) in [6.45, 7) is 8.04. The highest BCUT2D eigenvalue weighted by atomic mass is 19.4. The van der Waals surface area contributed by atoms with Gasteiger partial charge in [0.1, 0.15) is 5.75 Å². The molecule has 1 aromatic heterocycles. The molecule has 3 rings (SSSR count). The van der Waals surface area contributed by atoms with Crippen molar-refractivity contribution in [3.8, 4) is 5.75 Å². The highest BCUT2D eigenvalue weighted by Gasteiger charge is 2.44. The van der Waals surface area contributed by atoms with Crippen LogP contribution in [0.3, 0.4) is 0 Å². The van der Waals surface area contributed by atoms with Crippen LogP contribution < -0.4 is 15.4 Å². The van der Waals surface area contributed by atoms with Crippen molar-refractivity contribution >= 4 is 23.4 Å². The van der Waals surface area contributed by atoms with Crippen LogP contribution in [0.25, 0.3) is 0 Å². The van der Waals surface area contributed by atoms with Gasteiger partial charge in [0.2, 0.25) is 5.95 Å². The van der Waals surface area contributed by atoms with Gasteiger partial charge in [0.05, 0.1) is 26.0 Å². The summed E-state index contributed by atoms with van der Waals surface area (Å²) in [6, 6.07) is 3.25. The van der Waals surface area contributed by atoms with E-state index in [0.717, 1.165) is 19.4 Å². The molecule has 37 heavy (non-hydrogen) atoms. The maximum absolute atomic E-state index is 14.6. The number of esters is 1. The van der Waals surface area contributed by atoms with Crippen LogP contribution in [0.2, 0.25) is 0 Å². The Labute approximate surface area is 213 Å². The fourth-order valence-corrected chi connectivity index (χ4v) is 4.86. The largest absolute Gasteiger partial charge is 0.496 e. The summed E-state index contributed by atoms with van der Waals surface area (Å²) in [4.78, 5) is 21.7. The van der Waals surface area contributed by atoms with Crippen LogP contribution in [0.15, 0.2) is 36.7 Å². The molecule has 0 radical (unpaired) electrons. The number of likely N-dealkylation sites (tertiary alicyclic amines) is 1. The molecule has 1 saturated heterocycles. The number of hydrogen-bond donors (Lipinski definition) is 2. The maximum Gasteiger partial charge on any atom is 0.420 e. The zero-order chi connectivity index (χ0) is 27.6. The lowest BCUT2D eigenvalue weighted by Crippen LogP contribution is -2.60. The van der Waals surface area contributed by atoms with Crippen molar-refractivity contribution < 1.29 is 31.8 Å². The lowest BCUT2D eigenvalue weighted by Gasteiger charge is -2.55. The standard InChI is InChI=1S/C25H31F4N5O3/c1-23(2)12-16(13-24(3,4)34(23)10-9-20(35)37-6)31-21-18(26)14-30-22(33-21)32-15-7-8-19(36-5)17(11-15)25(27,28)29/h7-11,14,16H,12-13H2,1-6H3,(H2,30,31,32,33). The van der Waals surface area contributed by atoms with Gasteiger partial charge in [-0.1, -0.05) is 0 Å². The molecule has 202 valence electrons. The average molecular weight is 526 g/mol. The van der Waals surface area contributed by atoms with Crippen LogP contribution in [0.1, 0.15) is 46.1 Å². The molecule has 0 amide bonds. The molecule has 0 bridgehead atoms. The Balaban J connectivity index is 1.81. The number of nitrogens with one attached hydrogen (secondary N) is 2. The first-order valence-corrected chi connectivity index (χ1v) is 11.5. The molecule has 12 heteroatoms. The molecule has 2 heterocycles. The summed E-state index contributed by atoms with van der Waals surface area (Å²) in [5.74, 6) is -1.62. The molecular formula is C25H31F4N5O3. The average Bonchev–Trinajstić information content (AvgIpc) is 2.79. The molecule has 1 aromatic carbocycles. The number of benzene rings is 1. The van der Waals surface area contributed by atoms with Gasteiger partial charge < -0.3 is 25.0 Å². The smallest absolute Gasteiger partial charge is 0.420 e. The minimum absolute atomic E-state index is 0.0682. The molecule has 8 nitrogen and oxygen atoms in total. The molecule has 0 unspecified atom stereocenters. The molecule has 1 aliphatic rings. The Morgan fingerprint density at radius 3 is 2.38 bits per heavy atom. The molecule has 0 spiro atoms. The number of anilines is 3. The second-order valence-electron chi connectivity index (χ2n) is 10.0. The number of piperidine rings is 1. The van der Waals surface area contributed by atoms with E-state index in [2.05, 4.69) is 25.5 Å². The zero-order valence-electron chi connectivity index (χ0n) is 21.5. The number of ether oxygens (including phenoxy) is 2. The number of carbonyl (C=O) groups is 1. The van der Waals surface area contributed by atoms with E-state index in [1.807, 2.05) is 27.7 Å². The first-order valence-electron chi connectivity index (χ1n) is 11.5. The van der Waals surface area contributed by atoms with Crippen molar-refractivity contribution in [2.24, 2.45) is 0 Å². The molecule has 2 N–H and O–H groups in total. The minimum atomic E-state index is -4.63. The van der Waals surface area contributed by atoms with Gasteiger partial charge in [0, 0.05) is 35.1 Å². The van der Waals surface area contributed by atoms with Crippen LogP contribution in [-0.4, -0.2) is 52.2 Å². The van der Waals surface area contributed by atoms with Crippen molar-refractivity contribution in [1.29, 1.82) is 0 Å². The number of aromatic nitrogens is 2. The molecule has 0 saturated carbocycles. The van der Waals surface area contributed by atoms with Crippen LogP contribution in [0, 0.1) is 5.82 Å². The van der Waals surface area contributed by atoms with Gasteiger partial charge in [0.15, 0.2) is 11.6 Å². The third kappa shape index (κ3) is 6.60. The van der Waals surface area contributed by atoms with Gasteiger partial charge in [-0.15, -0.1) is 0 Å². The number of hydrogen-bond acceptors (Lipinski definition) is 8. The highest BCUT2D eigenvalue weighted by Crippen LogP contribution is 2.40. The van der Waals surface area contributed by atoms with Gasteiger partial charge in [-0.2, -0.15) is 18.2 Å². The van der Waals surface area contributed by atoms with E-state index >= 15 is 0 Å². The predicted octanol–water partition coefficient (Wildman–Crippen LogP) is 5.51. The summed E-state index contributed by atoms with van der Waals surface area (Å²) in [5.41, 5.74) is -1.71. The van der Waals surface area contributed by atoms with E-state index < -0.39 is 34.6 Å². The Morgan fingerprint density at radius 1 is 1.16 bits per heavy atom. The van der Waals surface area contributed by atoms with E-state index in [1.165, 1.54) is 25.3 Å². The van der Waals surface area contributed by atoms with Gasteiger partial charge in [-0.3, -0.25) is 0 Å². The van der Waals surface area contributed by atoms with Crippen LogP contribution in [0.4, 0.5) is 35.0 Å². The fourth-order valence-electron chi connectivity index (χ4n) is 4.86. The van der Waals surface area contributed by atoms with Crippen molar-refractivity contribution in [3.05, 3.63) is 48.1 Å². The summed E-state index contributed by atoms with van der Waals surface area (Å²) in [5, 5.41) is 5.83. The Bertz CT molecular complexity index is 1150. The fraction of sp³-hybridized carbons (Fsp3) is 0.480. The molecular weight excluding hydrogens is 494 g/mol. The molecule has 2 aromatic rings. The third-order valence-electron chi connectivity index (χ3n) is 6.20. The molecule has 1 fully saturated rings. The SMILES string of the molecule is COC(=O)C=CN1C(C)(C)CC(Nc2nc(Nc3ccc(OC)c(C(F)(F)F)c3)ncc2F)CC1(C)C. The Hall–Kier alpha value is -3.57. The molecule has 0 atom stereocenters. The van der Waals surface area contributed by atoms with Gasteiger partial charge in [-0.05, 0) is 58.7 Å². The van der Waals surface area contributed by atoms with E-state index in [4.69, 9.17) is 9.47 Å². The van der Waals surface area contributed by atoms with Crippen LogP contribution in [-0.2, 0) is 15.7 Å². The van der Waals surface area contributed by atoms with E-state index in [1.54, 1.807) is 6.20 Å². The van der Waals surface area contributed by atoms with Crippen LogP contribution in [0.5, 0.6) is 5.75 Å². The monoisotopic (exact) mass is 525 g/mol. The van der Waals surface area contributed by atoms with Crippen LogP contribution >= 0.6 is 0 Å². The van der Waals surface area contributed by atoms with Gasteiger partial charge in [0.25, 0.3) is 0 Å². The normalized spacial score (nSPS) is 17.5. The minimum Gasteiger partial charge on any atom is -0.496 e. The van der Waals surface area contributed by atoms with Crippen molar-refractivity contribution in [3.63, 3.8) is 0 Å². The summed E-state index contributed by atoms with van der Waals surface area (Å²) in [7, 11) is 2.46. The predicted molar refractivity (Wildman–Crippen MR) is 131 cm³/mol. The quantitative estimate of drug-likeness (QED) is 0.278. The number of alkyl halides is 3. The first kappa shape index (κ1) is 28.0. The van der Waals surface area contributed by atoms with Crippen molar-refractivity contribution in [2.75, 3.05) is 24.9 Å². The molecule has 1 aliphatic heterocycles. The lowest BCUT2D eigenvalue weighted by atomic mass is 9.77. The van der Waals surface area contributed by atoms with E-state index in [-0.39, 0.29) is 29.2 Å². The van der Waals surface area contributed by atoms with Gasteiger partial charge >= 0.3 is 12.1 Å². The summed E-state index contributed by atoms with van der Waals surface area (Å²) >= 11 is 0. The summed E-state index contributed by atoms with van der Waals surface area (Å²) < 4.78 is 64.2. The highest BCUT2D eigenvalue weighted by molar-refractivity contribution is 5.81. The van der Waals surface area contributed by atoms with Crippen molar-refractivity contribution in [1.82, 2.24) is 14.9 Å². The zero-order valence-corrected chi connectivity index (χ0v) is 21.5. The number of halogens is 4. The van der Waals surface area contributed by atoms with E-state index in [0.29, 0.717) is 12.8 Å². The number of rotatable bonds is 7. The van der Waals surface area contributed by atoms with Crippen molar-refractivity contribution in [2.45, 2.75) is 63.8 Å². The topological polar surface area (TPSA) is 88.6 Å². The first-order chi connectivity index (χ1) is 17.2.